The number of hydrogen-bond donors (Lipinski definition) is 2. The first-order valence-electron chi connectivity index (χ1n) is 5.82. The van der Waals surface area contributed by atoms with Crippen molar-refractivity contribution >= 4 is 22.9 Å². The van der Waals surface area contributed by atoms with Gasteiger partial charge in [-0.25, -0.2) is 15.0 Å². The van der Waals surface area contributed by atoms with Crippen LogP contribution in [0.3, 0.4) is 0 Å². The number of aromatic amines is 1. The van der Waals surface area contributed by atoms with Crippen LogP contribution in [0.1, 0.15) is 11.1 Å². The largest absolute Gasteiger partial charge is 0.392 e. The molecule has 0 saturated heterocycles. The third kappa shape index (κ3) is 2.59. The van der Waals surface area contributed by atoms with Gasteiger partial charge in [-0.2, -0.15) is 0 Å². The standard InChI is InChI=1S/C13H12N4OS/c18-5-9-1-3-10(4-2-9)6-19-13-11-12(15-7-14-11)16-8-17-13/h1-4,7-8,18H,5-6H2,(H,14,15,16,17). The van der Waals surface area contributed by atoms with E-state index < -0.39 is 0 Å². The van der Waals surface area contributed by atoms with Crippen LogP contribution in [-0.4, -0.2) is 25.0 Å². The van der Waals surface area contributed by atoms with Gasteiger partial charge in [-0.15, -0.1) is 0 Å². The molecule has 19 heavy (non-hydrogen) atoms. The highest BCUT2D eigenvalue weighted by Gasteiger charge is 2.06. The van der Waals surface area contributed by atoms with Crippen LogP contribution < -0.4 is 0 Å². The van der Waals surface area contributed by atoms with Crippen molar-refractivity contribution in [3.8, 4) is 0 Å². The molecule has 2 heterocycles. The predicted octanol–water partition coefficient (Wildman–Crippen LogP) is 2.14. The smallest absolute Gasteiger partial charge is 0.181 e. The topological polar surface area (TPSA) is 74.7 Å². The van der Waals surface area contributed by atoms with Crippen LogP contribution >= 0.6 is 11.8 Å². The molecule has 0 amide bonds. The molecular formula is C13H12N4OS. The molecule has 0 saturated carbocycles. The summed E-state index contributed by atoms with van der Waals surface area (Å²) in [6.45, 7) is 0.0775. The molecule has 5 nitrogen and oxygen atoms in total. The van der Waals surface area contributed by atoms with Crippen molar-refractivity contribution in [3.63, 3.8) is 0 Å². The summed E-state index contributed by atoms with van der Waals surface area (Å²) in [5.41, 5.74) is 3.67. The first kappa shape index (κ1) is 12.1. The third-order valence-corrected chi connectivity index (χ3v) is 3.83. The summed E-state index contributed by atoms with van der Waals surface area (Å²) in [6.07, 6.45) is 3.15. The number of nitrogens with zero attached hydrogens (tertiary/aromatic N) is 3. The summed E-state index contributed by atoms with van der Waals surface area (Å²) in [5, 5.41) is 9.89. The number of imidazole rings is 1. The van der Waals surface area contributed by atoms with Crippen molar-refractivity contribution in [1.29, 1.82) is 0 Å². The van der Waals surface area contributed by atoms with E-state index in [1.165, 1.54) is 11.9 Å². The number of hydrogen-bond acceptors (Lipinski definition) is 5. The lowest BCUT2D eigenvalue weighted by Crippen LogP contribution is -1.88. The Labute approximate surface area is 114 Å². The van der Waals surface area contributed by atoms with Crippen molar-refractivity contribution in [2.45, 2.75) is 17.4 Å². The average Bonchev–Trinajstić information content (AvgIpc) is 2.94. The van der Waals surface area contributed by atoms with E-state index in [2.05, 4.69) is 19.9 Å². The molecule has 0 fully saturated rings. The lowest BCUT2D eigenvalue weighted by Gasteiger charge is -2.03. The van der Waals surface area contributed by atoms with Crippen LogP contribution in [-0.2, 0) is 12.4 Å². The normalized spacial score (nSPS) is 11.0. The van der Waals surface area contributed by atoms with Crippen LogP contribution in [0.5, 0.6) is 0 Å². The number of benzene rings is 1. The Kier molecular flexibility index (Phi) is 3.43. The monoisotopic (exact) mass is 272 g/mol. The van der Waals surface area contributed by atoms with Crippen LogP contribution in [0.15, 0.2) is 41.9 Å². The molecule has 3 aromatic rings. The van der Waals surface area contributed by atoms with E-state index in [9.17, 15) is 0 Å². The molecular weight excluding hydrogens is 260 g/mol. The minimum absolute atomic E-state index is 0.0775. The van der Waals surface area contributed by atoms with Crippen molar-refractivity contribution in [2.75, 3.05) is 0 Å². The molecule has 6 heteroatoms. The van der Waals surface area contributed by atoms with Gasteiger partial charge in [-0.1, -0.05) is 36.0 Å². The summed E-state index contributed by atoms with van der Waals surface area (Å²) in [5.74, 6) is 0.816. The molecule has 2 aromatic heterocycles. The highest BCUT2D eigenvalue weighted by Crippen LogP contribution is 2.25. The lowest BCUT2D eigenvalue weighted by molar-refractivity contribution is 0.282. The van der Waals surface area contributed by atoms with Crippen molar-refractivity contribution < 1.29 is 5.11 Å². The number of aliphatic hydroxyl groups excluding tert-OH is 1. The number of H-pyrrole nitrogens is 1. The van der Waals surface area contributed by atoms with Gasteiger partial charge in [0.1, 0.15) is 16.9 Å². The summed E-state index contributed by atoms with van der Waals surface area (Å²) in [6, 6.07) is 7.90. The zero-order chi connectivity index (χ0) is 13.1. The lowest BCUT2D eigenvalue weighted by atomic mass is 10.2. The predicted molar refractivity (Wildman–Crippen MR) is 73.6 cm³/mol. The Morgan fingerprint density at radius 1 is 1.05 bits per heavy atom. The number of fused-ring (bicyclic) bond motifs is 1. The quantitative estimate of drug-likeness (QED) is 0.562. The number of aromatic nitrogens is 4. The van der Waals surface area contributed by atoms with Gasteiger partial charge in [0.25, 0.3) is 0 Å². The maximum atomic E-state index is 9.00. The number of thioether (sulfide) groups is 1. The maximum absolute atomic E-state index is 9.00. The van der Waals surface area contributed by atoms with Crippen LogP contribution in [0, 0.1) is 0 Å². The minimum Gasteiger partial charge on any atom is -0.392 e. The Hall–Kier alpha value is -1.92. The fourth-order valence-electron chi connectivity index (χ4n) is 1.74. The molecule has 0 atom stereocenters. The van der Waals surface area contributed by atoms with Crippen molar-refractivity contribution in [2.24, 2.45) is 0 Å². The third-order valence-electron chi connectivity index (χ3n) is 2.77. The molecule has 0 unspecified atom stereocenters. The van der Waals surface area contributed by atoms with Gasteiger partial charge in [0, 0.05) is 5.75 Å². The molecule has 0 radical (unpaired) electrons. The Bertz CT molecular complexity index is 680. The first-order chi connectivity index (χ1) is 9.36. The number of rotatable bonds is 4. The van der Waals surface area contributed by atoms with Crippen LogP contribution in [0.25, 0.3) is 11.2 Å². The molecule has 1 aromatic carbocycles. The van der Waals surface area contributed by atoms with Gasteiger partial charge >= 0.3 is 0 Å². The molecule has 0 aliphatic heterocycles. The van der Waals surface area contributed by atoms with E-state index in [-0.39, 0.29) is 6.61 Å². The first-order valence-corrected chi connectivity index (χ1v) is 6.81. The summed E-state index contributed by atoms with van der Waals surface area (Å²) >= 11 is 1.64. The fourth-order valence-corrected chi connectivity index (χ4v) is 2.66. The second-order valence-corrected chi connectivity index (χ2v) is 5.01. The van der Waals surface area contributed by atoms with Gasteiger partial charge in [-0.05, 0) is 11.1 Å². The second kappa shape index (κ2) is 5.38. The van der Waals surface area contributed by atoms with Crippen molar-refractivity contribution in [3.05, 3.63) is 48.0 Å². The average molecular weight is 272 g/mol. The van der Waals surface area contributed by atoms with Gasteiger partial charge in [0.15, 0.2) is 5.65 Å². The zero-order valence-electron chi connectivity index (χ0n) is 10.1. The van der Waals surface area contributed by atoms with Crippen LogP contribution in [0.2, 0.25) is 0 Å². The Morgan fingerprint density at radius 2 is 1.84 bits per heavy atom. The zero-order valence-corrected chi connectivity index (χ0v) is 10.9. The molecule has 96 valence electrons. The van der Waals surface area contributed by atoms with Gasteiger partial charge in [0.2, 0.25) is 0 Å². The van der Waals surface area contributed by atoms with E-state index in [1.54, 1.807) is 18.1 Å². The fraction of sp³-hybridized carbons (Fsp3) is 0.154. The van der Waals surface area contributed by atoms with E-state index in [0.29, 0.717) is 5.65 Å². The summed E-state index contributed by atoms with van der Waals surface area (Å²) in [7, 11) is 0. The summed E-state index contributed by atoms with van der Waals surface area (Å²) in [4.78, 5) is 15.5. The molecule has 2 N–H and O–H groups in total. The molecule has 0 bridgehead atoms. The number of nitrogens with one attached hydrogen (secondary N) is 1. The van der Waals surface area contributed by atoms with Crippen LogP contribution in [0.4, 0.5) is 0 Å². The second-order valence-electron chi connectivity index (χ2n) is 4.04. The van der Waals surface area contributed by atoms with Gasteiger partial charge in [-0.3, -0.25) is 0 Å². The molecule has 3 rings (SSSR count). The van der Waals surface area contributed by atoms with Gasteiger partial charge < -0.3 is 10.1 Å². The maximum Gasteiger partial charge on any atom is 0.181 e. The Balaban J connectivity index is 1.76. The van der Waals surface area contributed by atoms with E-state index >= 15 is 0 Å². The van der Waals surface area contributed by atoms with E-state index in [1.807, 2.05) is 24.3 Å². The Morgan fingerprint density at radius 3 is 2.63 bits per heavy atom. The minimum atomic E-state index is 0.0775. The highest BCUT2D eigenvalue weighted by molar-refractivity contribution is 7.98. The van der Waals surface area contributed by atoms with E-state index in [4.69, 9.17) is 5.11 Å². The van der Waals surface area contributed by atoms with Crippen molar-refractivity contribution in [1.82, 2.24) is 19.9 Å². The molecule has 0 aliphatic rings. The summed E-state index contributed by atoms with van der Waals surface area (Å²) < 4.78 is 0. The highest BCUT2D eigenvalue weighted by atomic mass is 32.2. The van der Waals surface area contributed by atoms with Gasteiger partial charge in [0.05, 0.1) is 12.9 Å². The van der Waals surface area contributed by atoms with E-state index in [0.717, 1.165) is 21.9 Å². The SMILES string of the molecule is OCc1ccc(CSc2ncnc3nc[nH]c23)cc1. The molecule has 0 aliphatic carbocycles. The molecule has 0 spiro atoms. The number of aliphatic hydroxyl groups is 1.